The van der Waals surface area contributed by atoms with Gasteiger partial charge in [-0.05, 0) is 63.4 Å². The summed E-state index contributed by atoms with van der Waals surface area (Å²) in [6.07, 6.45) is 2.10. The number of furan rings is 1. The van der Waals surface area contributed by atoms with Gasteiger partial charge in [-0.1, -0.05) is 36.2 Å². The summed E-state index contributed by atoms with van der Waals surface area (Å²) in [7, 11) is 1.67. The van der Waals surface area contributed by atoms with E-state index in [9.17, 15) is 19.2 Å². The van der Waals surface area contributed by atoms with Crippen LogP contribution in [0.25, 0.3) is 11.0 Å². The zero-order valence-corrected chi connectivity index (χ0v) is 23.4. The summed E-state index contributed by atoms with van der Waals surface area (Å²) >= 11 is 6.15. The maximum Gasteiger partial charge on any atom is 0.365 e. The molecule has 3 aromatic rings. The van der Waals surface area contributed by atoms with E-state index in [2.05, 4.69) is 21.5 Å². The molecule has 2 aromatic carbocycles. The Morgan fingerprint density at radius 2 is 1.68 bits per heavy atom. The second-order valence-corrected chi connectivity index (χ2v) is 10.3. The number of nitrogens with two attached hydrogens (primary N) is 1. The molecule has 2 unspecified atom stereocenters. The molecule has 0 spiro atoms. The SMILES string of the molecule is CN/C(C)=C(/NC(=O)C1CCCC(C(=O)NNC(=O)c2cc(Cl)cc3cc(C)oc23)C1)C(=O)[NH2+]c1ccccc1. The molecule has 1 heterocycles. The first-order valence-corrected chi connectivity index (χ1v) is 13.5. The summed E-state index contributed by atoms with van der Waals surface area (Å²) in [5.74, 6) is -1.94. The number of benzene rings is 2. The third-order valence-corrected chi connectivity index (χ3v) is 7.22. The number of nitrogens with one attached hydrogen (secondary N) is 4. The topological polar surface area (TPSA) is 146 Å². The molecule has 4 amide bonds. The molecule has 210 valence electrons. The first-order valence-electron chi connectivity index (χ1n) is 13.1. The number of hydrazine groups is 1. The maximum atomic E-state index is 13.2. The number of para-hydroxylation sites is 1. The van der Waals surface area contributed by atoms with Gasteiger partial charge in [-0.2, -0.15) is 0 Å². The third-order valence-electron chi connectivity index (χ3n) is 7.01. The first-order chi connectivity index (χ1) is 19.2. The van der Waals surface area contributed by atoms with Crippen molar-refractivity contribution in [2.75, 3.05) is 7.05 Å². The van der Waals surface area contributed by atoms with Gasteiger partial charge in [0.15, 0.2) is 5.70 Å². The van der Waals surface area contributed by atoms with Crippen LogP contribution in [0.2, 0.25) is 5.02 Å². The molecule has 0 aliphatic heterocycles. The number of hydrogen-bond acceptors (Lipinski definition) is 6. The van der Waals surface area contributed by atoms with Gasteiger partial charge in [0, 0.05) is 35.0 Å². The van der Waals surface area contributed by atoms with Gasteiger partial charge in [-0.15, -0.1) is 0 Å². The molecular formula is C29H33ClN5O5+. The number of rotatable bonds is 7. The van der Waals surface area contributed by atoms with Crippen LogP contribution in [-0.2, 0) is 14.4 Å². The van der Waals surface area contributed by atoms with Crippen molar-refractivity contribution in [3.8, 4) is 0 Å². The highest BCUT2D eigenvalue weighted by atomic mass is 35.5. The molecule has 0 bridgehead atoms. The molecule has 0 saturated heterocycles. The number of amides is 4. The van der Waals surface area contributed by atoms with Crippen LogP contribution in [0.1, 0.15) is 48.7 Å². The quantitative estimate of drug-likeness (QED) is 0.169. The second kappa shape index (κ2) is 12.8. The highest BCUT2D eigenvalue weighted by molar-refractivity contribution is 6.32. The van der Waals surface area contributed by atoms with E-state index in [0.29, 0.717) is 46.7 Å². The fourth-order valence-corrected chi connectivity index (χ4v) is 5.06. The molecule has 6 N–H and O–H groups in total. The van der Waals surface area contributed by atoms with Crippen LogP contribution >= 0.6 is 11.6 Å². The van der Waals surface area contributed by atoms with Crippen molar-refractivity contribution in [3.05, 3.63) is 76.3 Å². The summed E-state index contributed by atoms with van der Waals surface area (Å²) in [6, 6.07) is 14.1. The van der Waals surface area contributed by atoms with Gasteiger partial charge in [0.25, 0.3) is 5.91 Å². The number of fused-ring (bicyclic) bond motifs is 1. The highest BCUT2D eigenvalue weighted by Gasteiger charge is 2.33. The average Bonchev–Trinajstić information content (AvgIpc) is 3.33. The van der Waals surface area contributed by atoms with Crippen LogP contribution in [0, 0.1) is 18.8 Å². The van der Waals surface area contributed by atoms with Gasteiger partial charge < -0.3 is 15.1 Å². The van der Waals surface area contributed by atoms with Crippen molar-refractivity contribution in [1.82, 2.24) is 21.5 Å². The van der Waals surface area contributed by atoms with Crippen LogP contribution in [0.4, 0.5) is 5.69 Å². The smallest absolute Gasteiger partial charge is 0.365 e. The Morgan fingerprint density at radius 3 is 2.38 bits per heavy atom. The average molecular weight is 567 g/mol. The van der Waals surface area contributed by atoms with E-state index < -0.39 is 23.7 Å². The van der Waals surface area contributed by atoms with Gasteiger partial charge in [0.05, 0.1) is 5.56 Å². The Hall–Kier alpha value is -4.15. The molecule has 1 aliphatic carbocycles. The van der Waals surface area contributed by atoms with E-state index >= 15 is 0 Å². The summed E-state index contributed by atoms with van der Waals surface area (Å²) in [5.41, 5.74) is 6.91. The molecule has 10 nitrogen and oxygen atoms in total. The van der Waals surface area contributed by atoms with Crippen molar-refractivity contribution in [3.63, 3.8) is 0 Å². The predicted molar refractivity (Wildman–Crippen MR) is 150 cm³/mol. The zero-order chi connectivity index (χ0) is 28.8. The molecule has 4 rings (SSSR count). The number of aryl methyl sites for hydroxylation is 1. The van der Waals surface area contributed by atoms with E-state index in [-0.39, 0.29) is 29.5 Å². The van der Waals surface area contributed by atoms with Gasteiger partial charge in [-0.25, -0.2) is 10.1 Å². The van der Waals surface area contributed by atoms with Gasteiger partial charge >= 0.3 is 5.91 Å². The molecule has 2 atom stereocenters. The summed E-state index contributed by atoms with van der Waals surface area (Å²) < 4.78 is 5.63. The highest BCUT2D eigenvalue weighted by Crippen LogP contribution is 2.30. The fourth-order valence-electron chi connectivity index (χ4n) is 4.83. The van der Waals surface area contributed by atoms with Gasteiger partial charge in [-0.3, -0.25) is 25.2 Å². The standard InChI is InChI=1S/C29H32ClN5O5/c1-16-12-20-14-21(30)15-23(25(20)40-16)28(38)35-34-27(37)19-9-7-8-18(13-19)26(36)33-24(17(2)31-3)29(39)32-22-10-5-4-6-11-22/h4-6,10-12,14-15,18-19,31H,7-9,13H2,1-3H3,(H,32,39)(H,33,36)(H,34,37)(H,35,38)/p+1/b24-17+. The number of carbonyl (C=O) groups is 4. The molecule has 1 aliphatic rings. The lowest BCUT2D eigenvalue weighted by molar-refractivity contribution is -0.479. The predicted octanol–water partition coefficient (Wildman–Crippen LogP) is 2.95. The van der Waals surface area contributed by atoms with E-state index in [0.717, 1.165) is 5.69 Å². The Kier molecular flexibility index (Phi) is 9.23. The monoisotopic (exact) mass is 566 g/mol. The van der Waals surface area contributed by atoms with E-state index in [4.69, 9.17) is 16.0 Å². The van der Waals surface area contributed by atoms with E-state index in [1.807, 2.05) is 18.2 Å². The molecule has 1 fully saturated rings. The van der Waals surface area contributed by atoms with Crippen LogP contribution in [0.15, 0.2) is 64.3 Å². The van der Waals surface area contributed by atoms with Crippen LogP contribution in [-0.4, -0.2) is 30.7 Å². The minimum atomic E-state index is -0.564. The summed E-state index contributed by atoms with van der Waals surface area (Å²) in [4.78, 5) is 52.0. The van der Waals surface area contributed by atoms with Crippen LogP contribution in [0.3, 0.4) is 0 Å². The van der Waals surface area contributed by atoms with Crippen LogP contribution < -0.4 is 26.8 Å². The lowest BCUT2D eigenvalue weighted by Crippen LogP contribution is -2.83. The number of carbonyl (C=O) groups excluding carboxylic acids is 4. The van der Waals surface area contributed by atoms with Crippen molar-refractivity contribution in [2.24, 2.45) is 11.8 Å². The zero-order valence-electron chi connectivity index (χ0n) is 22.6. The van der Waals surface area contributed by atoms with Crippen molar-refractivity contribution in [2.45, 2.75) is 39.5 Å². The second-order valence-electron chi connectivity index (χ2n) is 9.89. The van der Waals surface area contributed by atoms with E-state index in [1.54, 1.807) is 45.2 Å². The number of hydrogen-bond donors (Lipinski definition) is 5. The molecule has 40 heavy (non-hydrogen) atoms. The minimum Gasteiger partial charge on any atom is -0.461 e. The third kappa shape index (κ3) is 6.88. The van der Waals surface area contributed by atoms with Crippen LogP contribution in [0.5, 0.6) is 0 Å². The molecule has 11 heteroatoms. The molecule has 0 radical (unpaired) electrons. The lowest BCUT2D eigenvalue weighted by atomic mass is 9.80. The van der Waals surface area contributed by atoms with Crippen molar-refractivity contribution >= 4 is 51.9 Å². The van der Waals surface area contributed by atoms with Gasteiger partial charge in [0.2, 0.25) is 11.8 Å². The molecule has 1 aromatic heterocycles. The molecular weight excluding hydrogens is 534 g/mol. The summed E-state index contributed by atoms with van der Waals surface area (Å²) in [6.45, 7) is 3.48. The van der Waals surface area contributed by atoms with E-state index in [1.165, 1.54) is 11.4 Å². The first kappa shape index (κ1) is 28.8. The Morgan fingerprint density at radius 1 is 0.975 bits per heavy atom. The normalized spacial score (nSPS) is 17.5. The fraction of sp³-hybridized carbons (Fsp3) is 0.310. The minimum absolute atomic E-state index is 0.163. The number of quaternary nitrogens is 1. The lowest BCUT2D eigenvalue weighted by Gasteiger charge is -2.27. The number of primary amides is 1. The Labute approximate surface area is 236 Å². The Bertz CT molecular complexity index is 1470. The molecule has 1 saturated carbocycles. The number of allylic oxidation sites excluding steroid dienone is 1. The maximum absolute atomic E-state index is 13.2. The Balaban J connectivity index is 1.36. The van der Waals surface area contributed by atoms with Crippen molar-refractivity contribution in [1.29, 1.82) is 0 Å². The van der Waals surface area contributed by atoms with Crippen molar-refractivity contribution < 1.29 is 28.9 Å². The van der Waals surface area contributed by atoms with Gasteiger partial charge in [0.1, 0.15) is 17.0 Å². The summed E-state index contributed by atoms with van der Waals surface area (Å²) in [5, 5.41) is 8.23. The number of halogens is 1. The largest absolute Gasteiger partial charge is 0.461 e.